The Hall–Kier alpha value is -1.85. The third-order valence-corrected chi connectivity index (χ3v) is 2.91. The number of aryl methyl sites for hydroxylation is 1. The molecule has 1 heterocycles. The average Bonchev–Trinajstić information content (AvgIpc) is 2.45. The van der Waals surface area contributed by atoms with Gasteiger partial charge in [-0.2, -0.15) is 0 Å². The topological polar surface area (TPSA) is 70.2 Å². The minimum Gasteiger partial charge on any atom is -0.370 e. The highest BCUT2D eigenvalue weighted by atomic mass is 16.2. The van der Waals surface area contributed by atoms with Crippen molar-refractivity contribution in [2.45, 2.75) is 34.1 Å². The molecule has 0 saturated heterocycles. The molecule has 0 aliphatic carbocycles. The highest BCUT2D eigenvalue weighted by Crippen LogP contribution is 2.15. The van der Waals surface area contributed by atoms with Gasteiger partial charge in [0.05, 0.1) is 6.54 Å². The number of likely N-dealkylation sites (N-methyl/N-ethyl adjacent to an activating group) is 1. The van der Waals surface area contributed by atoms with Crippen LogP contribution in [-0.4, -0.2) is 42.6 Å². The highest BCUT2D eigenvalue weighted by Gasteiger charge is 2.11. The molecule has 1 aromatic heterocycles. The van der Waals surface area contributed by atoms with E-state index in [4.69, 9.17) is 0 Å². The molecule has 6 nitrogen and oxygen atoms in total. The lowest BCUT2D eigenvalue weighted by Gasteiger charge is -2.19. The molecule has 0 aliphatic rings. The van der Waals surface area contributed by atoms with Crippen LogP contribution in [0, 0.1) is 5.92 Å². The summed E-state index contributed by atoms with van der Waals surface area (Å²) in [6.45, 7) is 9.98. The van der Waals surface area contributed by atoms with Gasteiger partial charge in [-0.1, -0.05) is 20.8 Å². The third kappa shape index (κ3) is 5.97. The number of nitrogens with one attached hydrogen (secondary N) is 2. The second kappa shape index (κ2) is 8.44. The predicted octanol–water partition coefficient (Wildman–Crippen LogP) is 1.68. The summed E-state index contributed by atoms with van der Waals surface area (Å²) in [5, 5.41) is 6.10. The molecule has 1 aromatic rings. The van der Waals surface area contributed by atoms with Crippen LogP contribution in [-0.2, 0) is 11.2 Å². The van der Waals surface area contributed by atoms with Crippen molar-refractivity contribution >= 4 is 17.5 Å². The van der Waals surface area contributed by atoms with Gasteiger partial charge in [-0.15, -0.1) is 0 Å². The van der Waals surface area contributed by atoms with Gasteiger partial charge in [0.25, 0.3) is 0 Å². The van der Waals surface area contributed by atoms with Crippen LogP contribution in [0.2, 0.25) is 0 Å². The number of hydrogen-bond acceptors (Lipinski definition) is 5. The van der Waals surface area contributed by atoms with Gasteiger partial charge in [-0.05, 0) is 12.8 Å². The Morgan fingerprint density at radius 1 is 1.33 bits per heavy atom. The summed E-state index contributed by atoms with van der Waals surface area (Å²) >= 11 is 0. The molecule has 0 radical (unpaired) electrons. The Morgan fingerprint density at radius 2 is 2.05 bits per heavy atom. The van der Waals surface area contributed by atoms with Gasteiger partial charge in [-0.3, -0.25) is 4.79 Å². The summed E-state index contributed by atoms with van der Waals surface area (Å²) in [6.07, 6.45) is 0.764. The minimum absolute atomic E-state index is 0.00728. The van der Waals surface area contributed by atoms with E-state index in [-0.39, 0.29) is 5.91 Å². The maximum absolute atomic E-state index is 11.9. The summed E-state index contributed by atoms with van der Waals surface area (Å²) < 4.78 is 0. The highest BCUT2D eigenvalue weighted by molar-refractivity contribution is 5.81. The minimum atomic E-state index is 0.00728. The Bertz CT molecular complexity index is 461. The summed E-state index contributed by atoms with van der Waals surface area (Å²) in [4.78, 5) is 22.6. The van der Waals surface area contributed by atoms with Gasteiger partial charge < -0.3 is 15.5 Å². The molecular formula is C15H27N5O. The van der Waals surface area contributed by atoms with Crippen LogP contribution >= 0.6 is 0 Å². The fraction of sp³-hybridized carbons (Fsp3) is 0.667. The van der Waals surface area contributed by atoms with Crippen LogP contribution in [0.5, 0.6) is 0 Å². The first-order chi connectivity index (χ1) is 9.96. The third-order valence-electron chi connectivity index (χ3n) is 2.91. The van der Waals surface area contributed by atoms with Crippen LogP contribution < -0.4 is 15.5 Å². The van der Waals surface area contributed by atoms with E-state index in [1.807, 2.05) is 31.9 Å². The van der Waals surface area contributed by atoms with Crippen LogP contribution in [0.15, 0.2) is 6.07 Å². The number of amides is 1. The smallest absolute Gasteiger partial charge is 0.239 e. The first-order valence-corrected chi connectivity index (χ1v) is 7.55. The van der Waals surface area contributed by atoms with Crippen LogP contribution in [0.25, 0.3) is 0 Å². The molecule has 21 heavy (non-hydrogen) atoms. The molecule has 0 unspecified atom stereocenters. The summed E-state index contributed by atoms with van der Waals surface area (Å²) in [6, 6.07) is 1.87. The molecule has 1 rings (SSSR count). The Balaban J connectivity index is 2.74. The van der Waals surface area contributed by atoms with E-state index in [0.717, 1.165) is 30.4 Å². The van der Waals surface area contributed by atoms with Crippen LogP contribution in [0.4, 0.5) is 11.6 Å². The van der Waals surface area contributed by atoms with Crippen molar-refractivity contribution in [1.29, 1.82) is 0 Å². The normalized spacial score (nSPS) is 10.6. The standard InChI is InChI=1S/C15H27N5O/c1-6-12-18-13(16-7-2)8-14(19-12)20(5)10-15(21)17-9-11(3)4/h8,11H,6-7,9-10H2,1-5H3,(H,17,21)(H,16,18,19). The van der Waals surface area contributed by atoms with Gasteiger partial charge in [0.1, 0.15) is 17.5 Å². The number of aromatic nitrogens is 2. The molecule has 6 heteroatoms. The molecule has 0 saturated carbocycles. The van der Waals surface area contributed by atoms with Gasteiger partial charge >= 0.3 is 0 Å². The van der Waals surface area contributed by atoms with Crippen molar-refractivity contribution in [2.75, 3.05) is 36.9 Å². The number of anilines is 2. The molecule has 1 amide bonds. The summed E-state index contributed by atoms with van der Waals surface area (Å²) in [7, 11) is 1.87. The molecule has 0 aromatic carbocycles. The zero-order valence-electron chi connectivity index (χ0n) is 13.7. The van der Waals surface area contributed by atoms with E-state index in [2.05, 4.69) is 34.4 Å². The monoisotopic (exact) mass is 293 g/mol. The largest absolute Gasteiger partial charge is 0.370 e. The zero-order valence-corrected chi connectivity index (χ0v) is 13.7. The second-order valence-electron chi connectivity index (χ2n) is 5.47. The van der Waals surface area contributed by atoms with Gasteiger partial charge in [0.2, 0.25) is 5.91 Å². The van der Waals surface area contributed by atoms with E-state index < -0.39 is 0 Å². The van der Waals surface area contributed by atoms with E-state index in [1.165, 1.54) is 0 Å². The molecular weight excluding hydrogens is 266 g/mol. The van der Waals surface area contributed by atoms with Crippen molar-refractivity contribution in [2.24, 2.45) is 5.92 Å². The van der Waals surface area contributed by atoms with Crippen LogP contribution in [0.1, 0.15) is 33.5 Å². The first kappa shape index (κ1) is 17.2. The van der Waals surface area contributed by atoms with E-state index in [1.54, 1.807) is 0 Å². The van der Waals surface area contributed by atoms with Gasteiger partial charge in [0, 0.05) is 32.6 Å². The van der Waals surface area contributed by atoms with E-state index >= 15 is 0 Å². The van der Waals surface area contributed by atoms with Gasteiger partial charge in [0.15, 0.2) is 0 Å². The maximum atomic E-state index is 11.9. The number of hydrogen-bond donors (Lipinski definition) is 2. The Kier molecular flexibility index (Phi) is 6.91. The molecule has 118 valence electrons. The van der Waals surface area contributed by atoms with Crippen molar-refractivity contribution in [3.05, 3.63) is 11.9 Å². The number of carbonyl (C=O) groups is 1. The summed E-state index contributed by atoms with van der Waals surface area (Å²) in [5.41, 5.74) is 0. The second-order valence-corrected chi connectivity index (χ2v) is 5.47. The molecule has 0 fully saturated rings. The fourth-order valence-corrected chi connectivity index (χ4v) is 1.78. The first-order valence-electron chi connectivity index (χ1n) is 7.55. The Labute approximate surface area is 127 Å². The molecule has 2 N–H and O–H groups in total. The van der Waals surface area contributed by atoms with Crippen LogP contribution in [0.3, 0.4) is 0 Å². The predicted molar refractivity (Wildman–Crippen MR) is 86.7 cm³/mol. The maximum Gasteiger partial charge on any atom is 0.239 e. The fourth-order valence-electron chi connectivity index (χ4n) is 1.78. The zero-order chi connectivity index (χ0) is 15.8. The number of rotatable bonds is 8. The lowest BCUT2D eigenvalue weighted by Crippen LogP contribution is -2.37. The van der Waals surface area contributed by atoms with E-state index in [0.29, 0.717) is 19.0 Å². The van der Waals surface area contributed by atoms with Crippen molar-refractivity contribution in [1.82, 2.24) is 15.3 Å². The Morgan fingerprint density at radius 3 is 2.62 bits per heavy atom. The van der Waals surface area contributed by atoms with Crippen molar-refractivity contribution < 1.29 is 4.79 Å². The molecule has 0 aliphatic heterocycles. The van der Waals surface area contributed by atoms with Crippen molar-refractivity contribution in [3.8, 4) is 0 Å². The van der Waals surface area contributed by atoms with E-state index in [9.17, 15) is 4.79 Å². The average molecular weight is 293 g/mol. The molecule has 0 atom stereocenters. The lowest BCUT2D eigenvalue weighted by molar-refractivity contribution is -0.119. The molecule has 0 spiro atoms. The number of carbonyl (C=O) groups excluding carboxylic acids is 1. The lowest BCUT2D eigenvalue weighted by atomic mass is 10.2. The van der Waals surface area contributed by atoms with Crippen molar-refractivity contribution in [3.63, 3.8) is 0 Å². The SMILES string of the molecule is CCNc1cc(N(C)CC(=O)NCC(C)C)nc(CC)n1. The van der Waals surface area contributed by atoms with Gasteiger partial charge in [-0.25, -0.2) is 9.97 Å². The number of nitrogens with zero attached hydrogens (tertiary/aromatic N) is 3. The molecule has 0 bridgehead atoms. The summed E-state index contributed by atoms with van der Waals surface area (Å²) in [5.74, 6) is 2.79. The quantitative estimate of drug-likeness (QED) is 0.763.